The van der Waals surface area contributed by atoms with E-state index in [0.717, 1.165) is 19.4 Å². The van der Waals surface area contributed by atoms with E-state index in [-0.39, 0.29) is 10.7 Å². The number of thioether (sulfide) groups is 1. The van der Waals surface area contributed by atoms with E-state index in [1.54, 1.807) is 18.0 Å². The number of anilines is 1. The number of carbonyl (C=O) groups excluding carboxylic acids is 1. The fourth-order valence-electron chi connectivity index (χ4n) is 1.91. The monoisotopic (exact) mass is 296 g/mol. The van der Waals surface area contributed by atoms with Crippen LogP contribution >= 0.6 is 11.8 Å². The maximum absolute atomic E-state index is 12.1. The number of amides is 1. The Hall–Kier alpha value is -1.30. The molecule has 2 N–H and O–H groups in total. The van der Waals surface area contributed by atoms with E-state index in [4.69, 9.17) is 0 Å². The van der Waals surface area contributed by atoms with Crippen molar-refractivity contribution in [1.82, 2.24) is 15.3 Å². The molecule has 0 saturated heterocycles. The van der Waals surface area contributed by atoms with Crippen LogP contribution in [0.2, 0.25) is 0 Å². The first-order valence-electron chi connectivity index (χ1n) is 7.00. The van der Waals surface area contributed by atoms with Crippen LogP contribution in [0, 0.1) is 0 Å². The summed E-state index contributed by atoms with van der Waals surface area (Å²) in [7, 11) is 0. The van der Waals surface area contributed by atoms with Crippen LogP contribution in [0.5, 0.6) is 0 Å². The zero-order valence-electron chi connectivity index (χ0n) is 12.7. The van der Waals surface area contributed by atoms with Crippen molar-refractivity contribution in [1.29, 1.82) is 0 Å². The summed E-state index contributed by atoms with van der Waals surface area (Å²) in [5.74, 6) is 0.519. The van der Waals surface area contributed by atoms with Gasteiger partial charge in [0.1, 0.15) is 11.5 Å². The fraction of sp³-hybridized carbons (Fsp3) is 0.643. The number of rotatable bonds is 8. The second-order valence-corrected chi connectivity index (χ2v) is 5.87. The minimum absolute atomic E-state index is 0.104. The van der Waals surface area contributed by atoms with Crippen molar-refractivity contribution in [2.45, 2.75) is 38.4 Å². The summed E-state index contributed by atoms with van der Waals surface area (Å²) in [6, 6.07) is 0. The largest absolute Gasteiger partial charge is 0.369 e. The van der Waals surface area contributed by atoms with E-state index in [2.05, 4.69) is 40.7 Å². The highest BCUT2D eigenvalue weighted by Crippen LogP contribution is 2.29. The van der Waals surface area contributed by atoms with Crippen molar-refractivity contribution in [3.05, 3.63) is 18.1 Å². The van der Waals surface area contributed by atoms with Crippen LogP contribution in [-0.2, 0) is 0 Å². The summed E-state index contributed by atoms with van der Waals surface area (Å²) < 4.78 is 0.104. The average Bonchev–Trinajstić information content (AvgIpc) is 2.50. The molecule has 0 unspecified atom stereocenters. The lowest BCUT2D eigenvalue weighted by molar-refractivity contribution is 0.0943. The van der Waals surface area contributed by atoms with E-state index >= 15 is 0 Å². The molecule has 112 valence electrons. The molecule has 5 nitrogen and oxygen atoms in total. The van der Waals surface area contributed by atoms with Gasteiger partial charge < -0.3 is 10.6 Å². The van der Waals surface area contributed by atoms with Crippen LogP contribution < -0.4 is 10.6 Å². The number of carbonyl (C=O) groups is 1. The second-order valence-electron chi connectivity index (χ2n) is 4.59. The highest BCUT2D eigenvalue weighted by molar-refractivity contribution is 8.00. The van der Waals surface area contributed by atoms with Crippen molar-refractivity contribution < 1.29 is 4.79 Å². The molecular formula is C14H24N4OS. The van der Waals surface area contributed by atoms with Gasteiger partial charge in [0, 0.05) is 17.8 Å². The quantitative estimate of drug-likeness (QED) is 0.772. The maximum atomic E-state index is 12.1. The smallest absolute Gasteiger partial charge is 0.271 e. The summed E-state index contributed by atoms with van der Waals surface area (Å²) in [4.78, 5) is 20.4. The molecule has 0 aliphatic rings. The van der Waals surface area contributed by atoms with Gasteiger partial charge in [0.2, 0.25) is 0 Å². The molecule has 0 fully saturated rings. The standard InChI is InChI=1S/C14H24N4OS/c1-5-14(6-2,20-4)10-18-13(19)11-8-17-12(9-16-11)15-7-3/h8-9H,5-7,10H2,1-4H3,(H,15,17)(H,18,19). The van der Waals surface area contributed by atoms with Crippen molar-refractivity contribution in [2.75, 3.05) is 24.7 Å². The Morgan fingerprint density at radius 1 is 1.25 bits per heavy atom. The molecule has 0 spiro atoms. The lowest BCUT2D eigenvalue weighted by Crippen LogP contribution is -2.39. The van der Waals surface area contributed by atoms with Gasteiger partial charge in [-0.1, -0.05) is 13.8 Å². The molecule has 20 heavy (non-hydrogen) atoms. The SMILES string of the molecule is CCNc1cnc(C(=O)NCC(CC)(CC)SC)cn1. The van der Waals surface area contributed by atoms with Gasteiger partial charge in [-0.15, -0.1) is 0 Å². The second kappa shape index (κ2) is 8.09. The first kappa shape index (κ1) is 16.8. The van der Waals surface area contributed by atoms with Gasteiger partial charge >= 0.3 is 0 Å². The van der Waals surface area contributed by atoms with Crippen LogP contribution in [0.1, 0.15) is 44.1 Å². The van der Waals surface area contributed by atoms with Crippen molar-refractivity contribution in [2.24, 2.45) is 0 Å². The molecule has 1 aromatic rings. The normalized spacial score (nSPS) is 11.2. The van der Waals surface area contributed by atoms with Crippen molar-refractivity contribution >= 4 is 23.5 Å². The molecule has 0 aromatic carbocycles. The predicted octanol–water partition coefficient (Wildman–Crippen LogP) is 2.56. The van der Waals surface area contributed by atoms with Crippen LogP contribution in [0.4, 0.5) is 5.82 Å². The van der Waals surface area contributed by atoms with Gasteiger partial charge in [0.25, 0.3) is 5.91 Å². The molecule has 0 atom stereocenters. The number of aromatic nitrogens is 2. The van der Waals surface area contributed by atoms with Crippen LogP contribution in [-0.4, -0.2) is 40.0 Å². The van der Waals surface area contributed by atoms with Crippen LogP contribution in [0.3, 0.4) is 0 Å². The molecule has 1 heterocycles. The predicted molar refractivity (Wildman–Crippen MR) is 85.4 cm³/mol. The van der Waals surface area contributed by atoms with E-state index in [1.807, 2.05) is 6.92 Å². The summed E-state index contributed by atoms with van der Waals surface area (Å²) in [5.41, 5.74) is 0.355. The Bertz CT molecular complexity index is 409. The molecule has 1 amide bonds. The summed E-state index contributed by atoms with van der Waals surface area (Å²) in [6.07, 6.45) is 7.22. The Kier molecular flexibility index (Phi) is 6.78. The molecule has 1 rings (SSSR count). The van der Waals surface area contributed by atoms with Gasteiger partial charge in [-0.25, -0.2) is 9.97 Å². The molecular weight excluding hydrogens is 272 g/mol. The third kappa shape index (κ3) is 4.37. The topological polar surface area (TPSA) is 66.9 Å². The Morgan fingerprint density at radius 3 is 2.40 bits per heavy atom. The highest BCUT2D eigenvalue weighted by atomic mass is 32.2. The van der Waals surface area contributed by atoms with Gasteiger partial charge in [-0.05, 0) is 26.0 Å². The molecule has 0 aliphatic carbocycles. The van der Waals surface area contributed by atoms with Gasteiger partial charge in [0.15, 0.2) is 0 Å². The number of hydrogen-bond donors (Lipinski definition) is 2. The first-order chi connectivity index (χ1) is 9.60. The minimum Gasteiger partial charge on any atom is -0.369 e. The number of hydrogen-bond acceptors (Lipinski definition) is 5. The van der Waals surface area contributed by atoms with E-state index in [0.29, 0.717) is 18.1 Å². The number of nitrogens with one attached hydrogen (secondary N) is 2. The van der Waals surface area contributed by atoms with Crippen molar-refractivity contribution in [3.8, 4) is 0 Å². The molecule has 0 aliphatic heterocycles. The zero-order chi connectivity index (χ0) is 15.0. The fourth-order valence-corrected chi connectivity index (χ4v) is 2.70. The molecule has 6 heteroatoms. The summed E-state index contributed by atoms with van der Waals surface area (Å²) in [6.45, 7) is 7.72. The lowest BCUT2D eigenvalue weighted by atomic mass is 10.0. The third-order valence-electron chi connectivity index (χ3n) is 3.54. The van der Waals surface area contributed by atoms with Crippen molar-refractivity contribution in [3.63, 3.8) is 0 Å². The average molecular weight is 296 g/mol. The van der Waals surface area contributed by atoms with Crippen LogP contribution in [0.15, 0.2) is 12.4 Å². The molecule has 0 saturated carbocycles. The third-order valence-corrected chi connectivity index (χ3v) is 5.12. The Morgan fingerprint density at radius 2 is 1.95 bits per heavy atom. The number of nitrogens with zero attached hydrogens (tertiary/aromatic N) is 2. The minimum atomic E-state index is -0.166. The first-order valence-corrected chi connectivity index (χ1v) is 8.22. The maximum Gasteiger partial charge on any atom is 0.271 e. The molecule has 1 aromatic heterocycles. The van der Waals surface area contributed by atoms with Gasteiger partial charge in [-0.2, -0.15) is 11.8 Å². The van der Waals surface area contributed by atoms with Gasteiger partial charge in [-0.3, -0.25) is 4.79 Å². The molecule has 0 bridgehead atoms. The summed E-state index contributed by atoms with van der Waals surface area (Å²) >= 11 is 1.80. The Balaban J connectivity index is 2.62. The Labute approximate surface area is 125 Å². The van der Waals surface area contributed by atoms with E-state index < -0.39 is 0 Å². The van der Waals surface area contributed by atoms with Crippen LogP contribution in [0.25, 0.3) is 0 Å². The molecule has 0 radical (unpaired) electrons. The zero-order valence-corrected chi connectivity index (χ0v) is 13.5. The van der Waals surface area contributed by atoms with Gasteiger partial charge in [0.05, 0.1) is 12.4 Å². The lowest BCUT2D eigenvalue weighted by Gasteiger charge is -2.29. The summed E-state index contributed by atoms with van der Waals surface area (Å²) in [5, 5.41) is 6.01. The van der Waals surface area contributed by atoms with E-state index in [1.165, 1.54) is 6.20 Å². The highest BCUT2D eigenvalue weighted by Gasteiger charge is 2.25. The van der Waals surface area contributed by atoms with E-state index in [9.17, 15) is 4.79 Å².